The van der Waals surface area contributed by atoms with Crippen molar-refractivity contribution in [3.05, 3.63) is 22.6 Å². The molecular formula is C12H16N4O4. The Labute approximate surface area is 113 Å². The van der Waals surface area contributed by atoms with Crippen molar-refractivity contribution in [3.63, 3.8) is 0 Å². The van der Waals surface area contributed by atoms with Gasteiger partial charge in [-0.3, -0.25) is 9.78 Å². The summed E-state index contributed by atoms with van der Waals surface area (Å²) >= 11 is 0. The van der Waals surface area contributed by atoms with Crippen LogP contribution in [0.3, 0.4) is 0 Å². The van der Waals surface area contributed by atoms with E-state index in [-0.39, 0.29) is 24.0 Å². The highest BCUT2D eigenvalue weighted by Crippen LogP contribution is 2.34. The molecule has 2 aromatic rings. The molecular weight excluding hydrogens is 264 g/mol. The summed E-state index contributed by atoms with van der Waals surface area (Å²) in [6, 6.07) is 1.59. The molecule has 1 aliphatic rings. The topological polar surface area (TPSA) is 126 Å². The molecule has 0 amide bonds. The van der Waals surface area contributed by atoms with E-state index in [0.29, 0.717) is 11.0 Å². The third-order valence-electron chi connectivity index (χ3n) is 3.79. The second-order valence-electron chi connectivity index (χ2n) is 5.01. The van der Waals surface area contributed by atoms with E-state index in [1.165, 1.54) is 0 Å². The van der Waals surface area contributed by atoms with Crippen LogP contribution in [0, 0.1) is 5.92 Å². The van der Waals surface area contributed by atoms with Crippen molar-refractivity contribution in [1.29, 1.82) is 0 Å². The number of nitrogens with two attached hydrogens (primary N) is 1. The Morgan fingerprint density at radius 2 is 2.35 bits per heavy atom. The molecule has 0 spiro atoms. The van der Waals surface area contributed by atoms with Gasteiger partial charge in [-0.15, -0.1) is 0 Å². The van der Waals surface area contributed by atoms with E-state index in [9.17, 15) is 15.0 Å². The van der Waals surface area contributed by atoms with E-state index < -0.39 is 18.4 Å². The smallest absolute Gasteiger partial charge is 0.261 e. The van der Waals surface area contributed by atoms with Crippen molar-refractivity contribution < 1.29 is 14.9 Å². The third-order valence-corrected chi connectivity index (χ3v) is 3.79. The molecule has 0 radical (unpaired) electrons. The van der Waals surface area contributed by atoms with E-state index in [1.807, 2.05) is 0 Å². The molecule has 1 saturated heterocycles. The number of hydrogen-bond donors (Lipinski definition) is 4. The fourth-order valence-electron chi connectivity index (χ4n) is 2.57. The summed E-state index contributed by atoms with van der Waals surface area (Å²) in [5.41, 5.74) is 5.55. The van der Waals surface area contributed by atoms with Crippen LogP contribution in [0.5, 0.6) is 0 Å². The zero-order chi connectivity index (χ0) is 14.4. The molecule has 1 aliphatic heterocycles. The van der Waals surface area contributed by atoms with Gasteiger partial charge in [-0.2, -0.15) is 4.98 Å². The van der Waals surface area contributed by atoms with Gasteiger partial charge in [-0.25, -0.2) is 0 Å². The number of ether oxygens (including phenoxy) is 1. The number of aromatic amines is 1. The van der Waals surface area contributed by atoms with Crippen molar-refractivity contribution >= 4 is 17.0 Å². The second-order valence-corrected chi connectivity index (χ2v) is 5.01. The van der Waals surface area contributed by atoms with Crippen molar-refractivity contribution in [2.75, 3.05) is 12.3 Å². The molecule has 0 aromatic carbocycles. The van der Waals surface area contributed by atoms with Crippen molar-refractivity contribution in [3.8, 4) is 0 Å². The summed E-state index contributed by atoms with van der Waals surface area (Å²) in [5, 5.41) is 19.8. The molecule has 8 heteroatoms. The van der Waals surface area contributed by atoms with Crippen LogP contribution >= 0.6 is 0 Å². The van der Waals surface area contributed by atoms with Gasteiger partial charge in [0.1, 0.15) is 6.10 Å². The van der Waals surface area contributed by atoms with Gasteiger partial charge in [0.25, 0.3) is 5.56 Å². The average Bonchev–Trinajstić information content (AvgIpc) is 2.93. The Morgan fingerprint density at radius 3 is 3.00 bits per heavy atom. The number of nitrogen functional groups attached to an aromatic ring is 1. The first kappa shape index (κ1) is 13.1. The van der Waals surface area contributed by atoms with Crippen LogP contribution < -0.4 is 11.3 Å². The number of nitrogens with one attached hydrogen (secondary N) is 1. The molecule has 0 bridgehead atoms. The van der Waals surface area contributed by atoms with Crippen molar-refractivity contribution in [2.24, 2.45) is 5.92 Å². The van der Waals surface area contributed by atoms with Crippen LogP contribution in [-0.4, -0.2) is 43.6 Å². The minimum atomic E-state index is -0.801. The fraction of sp³-hybridized carbons (Fsp3) is 0.500. The van der Waals surface area contributed by atoms with Crippen LogP contribution in [0.25, 0.3) is 11.0 Å². The average molecular weight is 280 g/mol. The van der Waals surface area contributed by atoms with E-state index in [2.05, 4.69) is 9.97 Å². The number of rotatable bonds is 2. The summed E-state index contributed by atoms with van der Waals surface area (Å²) < 4.78 is 7.20. The zero-order valence-electron chi connectivity index (χ0n) is 10.9. The van der Waals surface area contributed by atoms with E-state index in [4.69, 9.17) is 10.5 Å². The molecule has 5 N–H and O–H groups in total. The normalized spacial score (nSPS) is 30.1. The van der Waals surface area contributed by atoms with E-state index in [1.54, 1.807) is 23.8 Å². The Bertz CT molecular complexity index is 694. The largest absolute Gasteiger partial charge is 0.394 e. The van der Waals surface area contributed by atoms with Gasteiger partial charge in [0.05, 0.1) is 18.1 Å². The lowest BCUT2D eigenvalue weighted by atomic mass is 10.0. The summed E-state index contributed by atoms with van der Waals surface area (Å²) in [5.74, 6) is -0.219. The van der Waals surface area contributed by atoms with Gasteiger partial charge in [-0.1, -0.05) is 6.92 Å². The van der Waals surface area contributed by atoms with E-state index in [0.717, 1.165) is 0 Å². The Balaban J connectivity index is 2.09. The highest BCUT2D eigenvalue weighted by Gasteiger charge is 2.41. The minimum Gasteiger partial charge on any atom is -0.394 e. The van der Waals surface area contributed by atoms with Gasteiger partial charge in [0.2, 0.25) is 5.95 Å². The van der Waals surface area contributed by atoms with Gasteiger partial charge >= 0.3 is 0 Å². The van der Waals surface area contributed by atoms with E-state index >= 15 is 0 Å². The molecule has 2 aromatic heterocycles. The molecule has 3 rings (SSSR count). The molecule has 4 atom stereocenters. The van der Waals surface area contributed by atoms with Crippen LogP contribution in [0.15, 0.2) is 17.1 Å². The number of anilines is 1. The van der Waals surface area contributed by atoms with Crippen LogP contribution in [0.4, 0.5) is 5.95 Å². The zero-order valence-corrected chi connectivity index (χ0v) is 10.9. The Hall–Kier alpha value is -1.90. The lowest BCUT2D eigenvalue weighted by Gasteiger charge is -2.17. The van der Waals surface area contributed by atoms with Gasteiger partial charge in [0, 0.05) is 12.1 Å². The predicted octanol–water partition coefficient (Wildman–Crippen LogP) is -0.806. The molecule has 3 heterocycles. The first-order chi connectivity index (χ1) is 9.52. The number of aliphatic hydroxyl groups is 2. The molecule has 108 valence electrons. The minimum absolute atomic E-state index is 0.00157. The predicted molar refractivity (Wildman–Crippen MR) is 70.9 cm³/mol. The molecule has 0 aliphatic carbocycles. The van der Waals surface area contributed by atoms with Crippen LogP contribution in [-0.2, 0) is 4.74 Å². The maximum atomic E-state index is 11.8. The maximum absolute atomic E-state index is 11.8. The van der Waals surface area contributed by atoms with Crippen LogP contribution in [0.1, 0.15) is 13.2 Å². The third kappa shape index (κ3) is 1.80. The summed E-state index contributed by atoms with van der Waals surface area (Å²) in [6.07, 6.45) is -0.336. The summed E-state index contributed by atoms with van der Waals surface area (Å²) in [4.78, 5) is 18.3. The number of nitrogens with zero attached hydrogens (tertiary/aromatic N) is 2. The maximum Gasteiger partial charge on any atom is 0.261 e. The first-order valence-corrected chi connectivity index (χ1v) is 6.33. The van der Waals surface area contributed by atoms with Crippen molar-refractivity contribution in [1.82, 2.24) is 14.5 Å². The summed E-state index contributed by atoms with van der Waals surface area (Å²) in [6.45, 7) is 1.62. The van der Waals surface area contributed by atoms with Gasteiger partial charge in [0.15, 0.2) is 11.9 Å². The number of hydrogen-bond acceptors (Lipinski definition) is 6. The highest BCUT2D eigenvalue weighted by molar-refractivity contribution is 5.76. The monoisotopic (exact) mass is 280 g/mol. The summed E-state index contributed by atoms with van der Waals surface area (Å²) in [7, 11) is 0. The lowest BCUT2D eigenvalue weighted by Crippen LogP contribution is -2.25. The first-order valence-electron chi connectivity index (χ1n) is 6.33. The fourth-order valence-corrected chi connectivity index (χ4v) is 2.57. The van der Waals surface area contributed by atoms with Crippen molar-refractivity contribution in [2.45, 2.75) is 25.4 Å². The molecule has 20 heavy (non-hydrogen) atoms. The number of H-pyrrole nitrogens is 1. The Kier molecular flexibility index (Phi) is 3.00. The molecule has 0 saturated carbocycles. The Morgan fingerprint density at radius 1 is 1.60 bits per heavy atom. The van der Waals surface area contributed by atoms with Gasteiger partial charge < -0.3 is 25.3 Å². The molecule has 1 fully saturated rings. The highest BCUT2D eigenvalue weighted by atomic mass is 16.5. The standard InChI is InChI=1S/C12H16N4O4/c1-5-7(4-17)20-11(8(5)18)16-3-2-6-9(16)14-12(13)15-10(6)19/h2-3,5,7-8,11,17-18H,4H2,1H3,(H3,13,14,15,19)/t5-,7-,8-,11?/m1/s1. The lowest BCUT2D eigenvalue weighted by molar-refractivity contribution is -0.0488. The number of fused-ring (bicyclic) bond motifs is 1. The number of aromatic nitrogens is 3. The quantitative estimate of drug-likeness (QED) is 0.570. The number of aliphatic hydroxyl groups excluding tert-OH is 2. The second kappa shape index (κ2) is 4.58. The van der Waals surface area contributed by atoms with Gasteiger partial charge in [-0.05, 0) is 6.07 Å². The molecule has 1 unspecified atom stereocenters. The SMILES string of the molecule is C[C@@H]1[C@@H](CO)OC(n2ccc3c(=O)[nH]c(N)nc32)[C@@H]1O. The van der Waals surface area contributed by atoms with Crippen LogP contribution in [0.2, 0.25) is 0 Å². The molecule has 8 nitrogen and oxygen atoms in total.